The standard InChI is InChI=1S/C22H30N2O2/c1-14-3-4-15(2)19(7-14)24-20(25)5-6-23-21(26)22-11-16-8-17(12-22)10-18(9-16)13-22/h3-4,7,16-18H,5-6,8-13H2,1-2H3,(H,23,26)(H,24,25). The molecule has 26 heavy (non-hydrogen) atoms. The van der Waals surface area contributed by atoms with Gasteiger partial charge in [0.2, 0.25) is 11.8 Å². The molecule has 0 atom stereocenters. The molecule has 0 radical (unpaired) electrons. The van der Waals surface area contributed by atoms with Gasteiger partial charge in [0.15, 0.2) is 0 Å². The van der Waals surface area contributed by atoms with Gasteiger partial charge in [0, 0.05) is 24.1 Å². The Morgan fingerprint density at radius 1 is 1.04 bits per heavy atom. The minimum Gasteiger partial charge on any atom is -0.355 e. The SMILES string of the molecule is Cc1ccc(C)c(NC(=O)CCNC(=O)C23CC4CC(CC(C4)C2)C3)c1. The fourth-order valence-corrected chi connectivity index (χ4v) is 5.95. The molecule has 4 saturated carbocycles. The van der Waals surface area contributed by atoms with Gasteiger partial charge < -0.3 is 10.6 Å². The Morgan fingerprint density at radius 2 is 1.65 bits per heavy atom. The van der Waals surface area contributed by atoms with E-state index >= 15 is 0 Å². The highest BCUT2D eigenvalue weighted by Crippen LogP contribution is 2.60. The predicted octanol–water partition coefficient (Wildman–Crippen LogP) is 3.96. The number of carbonyl (C=O) groups excluding carboxylic acids is 2. The number of amides is 2. The fraction of sp³-hybridized carbons (Fsp3) is 0.636. The van der Waals surface area contributed by atoms with Crippen LogP contribution in [0.3, 0.4) is 0 Å². The van der Waals surface area contributed by atoms with Gasteiger partial charge in [-0.1, -0.05) is 12.1 Å². The summed E-state index contributed by atoms with van der Waals surface area (Å²) in [6, 6.07) is 6.04. The van der Waals surface area contributed by atoms with E-state index in [1.54, 1.807) is 0 Å². The Labute approximate surface area is 156 Å². The van der Waals surface area contributed by atoms with Gasteiger partial charge >= 0.3 is 0 Å². The molecule has 0 heterocycles. The van der Waals surface area contributed by atoms with Crippen molar-refractivity contribution in [2.75, 3.05) is 11.9 Å². The number of nitrogens with one attached hydrogen (secondary N) is 2. The lowest BCUT2D eigenvalue weighted by atomic mass is 9.49. The minimum absolute atomic E-state index is 0.0375. The van der Waals surface area contributed by atoms with Crippen LogP contribution in [0.1, 0.15) is 56.1 Å². The average Bonchev–Trinajstić information content (AvgIpc) is 2.57. The molecule has 4 aliphatic carbocycles. The van der Waals surface area contributed by atoms with E-state index in [4.69, 9.17) is 0 Å². The zero-order valence-electron chi connectivity index (χ0n) is 15.9. The Bertz CT molecular complexity index is 690. The topological polar surface area (TPSA) is 58.2 Å². The van der Waals surface area contributed by atoms with E-state index < -0.39 is 0 Å². The first-order chi connectivity index (χ1) is 12.4. The van der Waals surface area contributed by atoms with Crippen LogP contribution in [0.5, 0.6) is 0 Å². The van der Waals surface area contributed by atoms with Gasteiger partial charge in [-0.05, 0) is 87.3 Å². The van der Waals surface area contributed by atoms with Crippen molar-refractivity contribution < 1.29 is 9.59 Å². The van der Waals surface area contributed by atoms with Crippen LogP contribution >= 0.6 is 0 Å². The van der Waals surface area contributed by atoms with Crippen molar-refractivity contribution in [2.24, 2.45) is 23.2 Å². The Morgan fingerprint density at radius 3 is 2.27 bits per heavy atom. The van der Waals surface area contributed by atoms with Gasteiger partial charge in [-0.15, -0.1) is 0 Å². The molecule has 140 valence electrons. The molecule has 1 aromatic carbocycles. The van der Waals surface area contributed by atoms with Gasteiger partial charge in [-0.3, -0.25) is 9.59 Å². The maximum absolute atomic E-state index is 12.9. The zero-order valence-corrected chi connectivity index (χ0v) is 15.9. The lowest BCUT2D eigenvalue weighted by Crippen LogP contribution is -2.53. The van der Waals surface area contributed by atoms with Crippen molar-refractivity contribution in [1.29, 1.82) is 0 Å². The molecule has 4 bridgehead atoms. The number of benzene rings is 1. The van der Waals surface area contributed by atoms with Crippen molar-refractivity contribution in [3.8, 4) is 0 Å². The molecule has 0 aromatic heterocycles. The predicted molar refractivity (Wildman–Crippen MR) is 103 cm³/mol. The number of rotatable bonds is 5. The van der Waals surface area contributed by atoms with Crippen LogP contribution in [0.4, 0.5) is 5.69 Å². The van der Waals surface area contributed by atoms with E-state index in [-0.39, 0.29) is 17.2 Å². The maximum Gasteiger partial charge on any atom is 0.226 e. The molecule has 5 rings (SSSR count). The smallest absolute Gasteiger partial charge is 0.226 e. The summed E-state index contributed by atoms with van der Waals surface area (Å²) < 4.78 is 0. The second kappa shape index (κ2) is 6.71. The van der Waals surface area contributed by atoms with Gasteiger partial charge in [0.25, 0.3) is 0 Å². The molecule has 0 unspecified atom stereocenters. The number of carbonyl (C=O) groups is 2. The third-order valence-corrected chi connectivity index (χ3v) is 6.82. The van der Waals surface area contributed by atoms with Gasteiger partial charge in [-0.25, -0.2) is 0 Å². The monoisotopic (exact) mass is 354 g/mol. The summed E-state index contributed by atoms with van der Waals surface area (Å²) in [7, 11) is 0. The van der Waals surface area contributed by atoms with Crippen molar-refractivity contribution in [3.05, 3.63) is 29.3 Å². The second-order valence-electron chi connectivity index (χ2n) is 9.07. The maximum atomic E-state index is 12.9. The quantitative estimate of drug-likeness (QED) is 0.841. The Balaban J connectivity index is 1.29. The first-order valence-electron chi connectivity index (χ1n) is 10.1. The lowest BCUT2D eigenvalue weighted by Gasteiger charge is -2.55. The molecule has 4 aliphatic rings. The highest BCUT2D eigenvalue weighted by molar-refractivity contribution is 5.92. The van der Waals surface area contributed by atoms with E-state index in [1.165, 1.54) is 19.3 Å². The third kappa shape index (κ3) is 3.38. The Kier molecular flexibility index (Phi) is 4.54. The molecule has 4 nitrogen and oxygen atoms in total. The molecule has 4 fully saturated rings. The van der Waals surface area contributed by atoms with Crippen LogP contribution in [0.25, 0.3) is 0 Å². The highest BCUT2D eigenvalue weighted by atomic mass is 16.2. The summed E-state index contributed by atoms with van der Waals surface area (Å²) in [5, 5.41) is 6.05. The summed E-state index contributed by atoms with van der Waals surface area (Å²) in [6.07, 6.45) is 7.55. The van der Waals surface area contributed by atoms with Crippen molar-refractivity contribution in [1.82, 2.24) is 5.32 Å². The van der Waals surface area contributed by atoms with E-state index in [0.717, 1.165) is 53.8 Å². The van der Waals surface area contributed by atoms with Crippen LogP contribution in [-0.2, 0) is 9.59 Å². The molecular formula is C22H30N2O2. The molecule has 2 N–H and O–H groups in total. The minimum atomic E-state index is -0.127. The normalized spacial score (nSPS) is 31.7. The average molecular weight is 354 g/mol. The largest absolute Gasteiger partial charge is 0.355 e. The van der Waals surface area contributed by atoms with Crippen LogP contribution in [0, 0.1) is 37.0 Å². The Hall–Kier alpha value is -1.84. The van der Waals surface area contributed by atoms with Gasteiger partial charge in [-0.2, -0.15) is 0 Å². The van der Waals surface area contributed by atoms with E-state index in [1.807, 2.05) is 32.0 Å². The summed E-state index contributed by atoms with van der Waals surface area (Å²) in [5.74, 6) is 2.46. The van der Waals surface area contributed by atoms with Crippen LogP contribution in [0.15, 0.2) is 18.2 Å². The van der Waals surface area contributed by atoms with Crippen LogP contribution in [0.2, 0.25) is 0 Å². The summed E-state index contributed by atoms with van der Waals surface area (Å²) >= 11 is 0. The van der Waals surface area contributed by atoms with Gasteiger partial charge in [0.1, 0.15) is 0 Å². The highest BCUT2D eigenvalue weighted by Gasteiger charge is 2.54. The van der Waals surface area contributed by atoms with Crippen molar-refractivity contribution in [3.63, 3.8) is 0 Å². The second-order valence-corrected chi connectivity index (χ2v) is 9.07. The number of hydrogen-bond acceptors (Lipinski definition) is 2. The van der Waals surface area contributed by atoms with Crippen LogP contribution in [-0.4, -0.2) is 18.4 Å². The molecular weight excluding hydrogens is 324 g/mol. The molecule has 4 heteroatoms. The fourth-order valence-electron chi connectivity index (χ4n) is 5.95. The molecule has 0 saturated heterocycles. The first kappa shape index (κ1) is 17.6. The van der Waals surface area contributed by atoms with E-state index in [2.05, 4.69) is 10.6 Å². The van der Waals surface area contributed by atoms with Gasteiger partial charge in [0.05, 0.1) is 0 Å². The number of hydrogen-bond donors (Lipinski definition) is 2. The molecule has 0 spiro atoms. The zero-order chi connectivity index (χ0) is 18.3. The third-order valence-electron chi connectivity index (χ3n) is 6.82. The molecule has 2 amide bonds. The molecule has 1 aromatic rings. The summed E-state index contributed by atoms with van der Waals surface area (Å²) in [5.41, 5.74) is 2.92. The van der Waals surface area contributed by atoms with Crippen molar-refractivity contribution in [2.45, 2.75) is 58.8 Å². The summed E-state index contributed by atoms with van der Waals surface area (Å²) in [4.78, 5) is 25.1. The van der Waals surface area contributed by atoms with E-state index in [9.17, 15) is 9.59 Å². The number of anilines is 1. The lowest BCUT2D eigenvalue weighted by molar-refractivity contribution is -0.146. The molecule has 0 aliphatic heterocycles. The first-order valence-corrected chi connectivity index (χ1v) is 10.1. The van der Waals surface area contributed by atoms with Crippen molar-refractivity contribution >= 4 is 17.5 Å². The summed E-state index contributed by atoms with van der Waals surface area (Å²) in [6.45, 7) is 4.43. The van der Waals surface area contributed by atoms with E-state index in [0.29, 0.717) is 13.0 Å². The van der Waals surface area contributed by atoms with Crippen LogP contribution < -0.4 is 10.6 Å². The number of aryl methyl sites for hydroxylation is 2.